The highest BCUT2D eigenvalue weighted by Gasteiger charge is 2.38. The van der Waals surface area contributed by atoms with Crippen LogP contribution in [0.1, 0.15) is 12.8 Å². The fourth-order valence-electron chi connectivity index (χ4n) is 1.71. The second-order valence-corrected chi connectivity index (χ2v) is 4.37. The molecule has 2 atom stereocenters. The molecule has 1 aliphatic rings. The quantitative estimate of drug-likeness (QED) is 0.704. The molecule has 1 saturated heterocycles. The molecule has 0 aromatic rings. The van der Waals surface area contributed by atoms with Gasteiger partial charge in [0.25, 0.3) is 0 Å². The van der Waals surface area contributed by atoms with Crippen molar-refractivity contribution in [2.24, 2.45) is 5.92 Å². The van der Waals surface area contributed by atoms with Gasteiger partial charge >= 0.3 is 11.9 Å². The molecule has 0 saturated carbocycles. The van der Waals surface area contributed by atoms with E-state index in [1.807, 2.05) is 0 Å². The maximum atomic E-state index is 11.5. The molecular weight excluding hydrogens is 282 g/mol. The molecule has 1 amide bonds. The molecule has 1 fully saturated rings. The summed E-state index contributed by atoms with van der Waals surface area (Å²) in [5, 5.41) is 18.1. The number of carboxylic acids is 2. The van der Waals surface area contributed by atoms with Crippen molar-refractivity contribution < 1.29 is 24.6 Å². The van der Waals surface area contributed by atoms with E-state index in [4.69, 9.17) is 10.2 Å². The van der Waals surface area contributed by atoms with Crippen molar-refractivity contribution >= 4 is 33.8 Å². The summed E-state index contributed by atoms with van der Waals surface area (Å²) in [5.74, 6) is -2.73. The Morgan fingerprint density at radius 2 is 2.12 bits per heavy atom. The summed E-state index contributed by atoms with van der Waals surface area (Å²) in [6.45, 7) is 0.300. The molecule has 0 bridgehead atoms. The van der Waals surface area contributed by atoms with E-state index in [0.717, 1.165) is 4.90 Å². The zero-order chi connectivity index (χ0) is 12.3. The number of hydrogen-bond acceptors (Lipinski definition) is 3. The number of halogens is 1. The lowest BCUT2D eigenvalue weighted by atomic mass is 10.1. The van der Waals surface area contributed by atoms with E-state index in [1.54, 1.807) is 0 Å². The lowest BCUT2D eigenvalue weighted by Gasteiger charge is -2.23. The SMILES string of the molecule is O=C(O)C[C@@H](C(=O)O)N1CC(CBr)CC1=O. The number of carbonyl (C=O) groups is 3. The molecule has 1 aliphatic heterocycles. The summed E-state index contributed by atoms with van der Waals surface area (Å²) in [6, 6.07) is -1.26. The number of aliphatic carboxylic acids is 2. The molecule has 0 aromatic heterocycles. The van der Waals surface area contributed by atoms with Gasteiger partial charge in [-0.05, 0) is 5.92 Å². The number of rotatable bonds is 5. The highest BCUT2D eigenvalue weighted by atomic mass is 79.9. The van der Waals surface area contributed by atoms with Gasteiger partial charge in [0.15, 0.2) is 0 Å². The van der Waals surface area contributed by atoms with Gasteiger partial charge in [-0.3, -0.25) is 9.59 Å². The van der Waals surface area contributed by atoms with Gasteiger partial charge in [0.05, 0.1) is 6.42 Å². The largest absolute Gasteiger partial charge is 0.481 e. The average Bonchev–Trinajstić information content (AvgIpc) is 2.55. The Kier molecular flexibility index (Phi) is 4.28. The average molecular weight is 294 g/mol. The van der Waals surface area contributed by atoms with Gasteiger partial charge in [-0.1, -0.05) is 15.9 Å². The van der Waals surface area contributed by atoms with Crippen LogP contribution in [0.25, 0.3) is 0 Å². The molecule has 0 spiro atoms. The molecule has 0 aliphatic carbocycles. The number of likely N-dealkylation sites (tertiary alicyclic amines) is 1. The minimum Gasteiger partial charge on any atom is -0.481 e. The molecule has 16 heavy (non-hydrogen) atoms. The molecule has 0 aromatic carbocycles. The Morgan fingerprint density at radius 3 is 2.50 bits per heavy atom. The summed E-state index contributed by atoms with van der Waals surface area (Å²) in [6.07, 6.45) is -0.287. The van der Waals surface area contributed by atoms with Gasteiger partial charge in [-0.2, -0.15) is 0 Å². The number of hydrogen-bond donors (Lipinski definition) is 2. The number of carbonyl (C=O) groups excluding carboxylic acids is 1. The topological polar surface area (TPSA) is 94.9 Å². The molecule has 0 radical (unpaired) electrons. The molecule has 1 unspecified atom stereocenters. The van der Waals surface area contributed by atoms with Crippen LogP contribution in [-0.4, -0.2) is 50.9 Å². The number of alkyl halides is 1. The number of nitrogens with zero attached hydrogens (tertiary/aromatic N) is 1. The van der Waals surface area contributed by atoms with Crippen molar-refractivity contribution in [1.82, 2.24) is 4.90 Å². The van der Waals surface area contributed by atoms with Gasteiger partial charge < -0.3 is 15.1 Å². The first kappa shape index (κ1) is 13.0. The van der Waals surface area contributed by atoms with Crippen LogP contribution in [0.5, 0.6) is 0 Å². The highest BCUT2D eigenvalue weighted by Crippen LogP contribution is 2.23. The minimum atomic E-state index is -1.27. The van der Waals surface area contributed by atoms with Gasteiger partial charge in [-0.25, -0.2) is 4.79 Å². The van der Waals surface area contributed by atoms with E-state index >= 15 is 0 Å². The number of amides is 1. The molecular formula is C9H12BrNO5. The van der Waals surface area contributed by atoms with E-state index < -0.39 is 24.4 Å². The van der Waals surface area contributed by atoms with Gasteiger partial charge in [0.2, 0.25) is 5.91 Å². The third-order valence-corrected chi connectivity index (χ3v) is 3.40. The lowest BCUT2D eigenvalue weighted by Crippen LogP contribution is -2.43. The predicted octanol–water partition coefficient (Wildman–Crippen LogP) is 0.158. The Labute approximate surface area is 100 Å². The first-order valence-corrected chi connectivity index (χ1v) is 5.88. The van der Waals surface area contributed by atoms with E-state index in [-0.39, 0.29) is 18.2 Å². The van der Waals surface area contributed by atoms with Crippen molar-refractivity contribution in [3.8, 4) is 0 Å². The summed E-state index contributed by atoms with van der Waals surface area (Å²) >= 11 is 3.23. The van der Waals surface area contributed by atoms with Crippen molar-refractivity contribution in [2.45, 2.75) is 18.9 Å². The van der Waals surface area contributed by atoms with E-state index in [0.29, 0.717) is 11.9 Å². The van der Waals surface area contributed by atoms with Crippen molar-refractivity contribution in [1.29, 1.82) is 0 Å². The summed E-state index contributed by atoms with van der Waals surface area (Å²) in [7, 11) is 0. The Balaban J connectivity index is 2.75. The molecule has 2 N–H and O–H groups in total. The third kappa shape index (κ3) is 2.94. The molecule has 90 valence electrons. The second kappa shape index (κ2) is 5.29. The van der Waals surface area contributed by atoms with Crippen molar-refractivity contribution in [2.75, 3.05) is 11.9 Å². The van der Waals surface area contributed by atoms with Crippen LogP contribution in [0.4, 0.5) is 0 Å². The summed E-state index contributed by atoms with van der Waals surface area (Å²) in [5.41, 5.74) is 0. The van der Waals surface area contributed by atoms with Crippen LogP contribution in [0.2, 0.25) is 0 Å². The standard InChI is InChI=1S/C9H12BrNO5/c10-3-5-1-7(12)11(4-5)6(9(15)16)2-8(13)14/h5-6H,1-4H2,(H,13,14)(H,15,16)/t5?,6-/m0/s1. The lowest BCUT2D eigenvalue weighted by molar-refractivity contribution is -0.153. The van der Waals surface area contributed by atoms with Gasteiger partial charge in [-0.15, -0.1) is 0 Å². The smallest absolute Gasteiger partial charge is 0.327 e. The molecule has 1 heterocycles. The van der Waals surface area contributed by atoms with Gasteiger partial charge in [0, 0.05) is 18.3 Å². The van der Waals surface area contributed by atoms with Crippen LogP contribution in [0.15, 0.2) is 0 Å². The summed E-state index contributed by atoms with van der Waals surface area (Å²) in [4.78, 5) is 34.1. The monoisotopic (exact) mass is 293 g/mol. The first-order chi connectivity index (χ1) is 7.45. The van der Waals surface area contributed by atoms with E-state index in [9.17, 15) is 14.4 Å². The second-order valence-electron chi connectivity index (χ2n) is 3.72. The van der Waals surface area contributed by atoms with Crippen molar-refractivity contribution in [3.05, 3.63) is 0 Å². The molecule has 6 nitrogen and oxygen atoms in total. The zero-order valence-corrected chi connectivity index (χ0v) is 10.0. The van der Waals surface area contributed by atoms with Crippen LogP contribution in [-0.2, 0) is 14.4 Å². The van der Waals surface area contributed by atoms with Crippen LogP contribution >= 0.6 is 15.9 Å². The van der Waals surface area contributed by atoms with Crippen molar-refractivity contribution in [3.63, 3.8) is 0 Å². The normalized spacial score (nSPS) is 22.2. The van der Waals surface area contributed by atoms with E-state index in [1.165, 1.54) is 0 Å². The maximum absolute atomic E-state index is 11.5. The Bertz CT molecular complexity index is 319. The van der Waals surface area contributed by atoms with Gasteiger partial charge in [0.1, 0.15) is 6.04 Å². The Hall–Kier alpha value is -1.11. The fourth-order valence-corrected chi connectivity index (χ4v) is 2.14. The van der Waals surface area contributed by atoms with Crippen LogP contribution < -0.4 is 0 Å². The first-order valence-electron chi connectivity index (χ1n) is 4.75. The van der Waals surface area contributed by atoms with E-state index in [2.05, 4.69) is 15.9 Å². The van der Waals surface area contributed by atoms with Crippen LogP contribution in [0.3, 0.4) is 0 Å². The molecule has 7 heteroatoms. The molecule has 1 rings (SSSR count). The predicted molar refractivity (Wildman–Crippen MR) is 57.3 cm³/mol. The minimum absolute atomic E-state index is 0.0585. The Morgan fingerprint density at radius 1 is 1.50 bits per heavy atom. The highest BCUT2D eigenvalue weighted by molar-refractivity contribution is 9.09. The fraction of sp³-hybridized carbons (Fsp3) is 0.667. The van der Waals surface area contributed by atoms with Crippen LogP contribution in [0, 0.1) is 5.92 Å². The maximum Gasteiger partial charge on any atom is 0.327 e. The number of carboxylic acid groups (broad SMARTS) is 2. The third-order valence-electron chi connectivity index (χ3n) is 2.49. The summed E-state index contributed by atoms with van der Waals surface area (Å²) < 4.78 is 0. The zero-order valence-electron chi connectivity index (χ0n) is 8.43.